The number of nitrogens with zero attached hydrogens (tertiary/aromatic N) is 4. The molecule has 0 radical (unpaired) electrons. The molecule has 0 aromatic carbocycles. The number of nitriles is 1. The van der Waals surface area contributed by atoms with Crippen molar-refractivity contribution in [1.82, 2.24) is 15.0 Å². The van der Waals surface area contributed by atoms with E-state index < -0.39 is 29.2 Å². The Morgan fingerprint density at radius 2 is 2.21 bits per heavy atom. The van der Waals surface area contributed by atoms with Crippen molar-refractivity contribution in [2.75, 3.05) is 25.0 Å². The summed E-state index contributed by atoms with van der Waals surface area (Å²) in [7, 11) is 0. The van der Waals surface area contributed by atoms with Crippen molar-refractivity contribution in [3.05, 3.63) is 24.4 Å². The van der Waals surface area contributed by atoms with Gasteiger partial charge in [0.2, 0.25) is 0 Å². The first-order valence-electron chi connectivity index (χ1n) is 9.08. The van der Waals surface area contributed by atoms with Crippen LogP contribution in [0.3, 0.4) is 0 Å². The molecular weight excluding hydrogens is 365 g/mol. The maximum Gasteiger partial charge on any atom is 0.425 e. The second-order valence-electron chi connectivity index (χ2n) is 7.66. The van der Waals surface area contributed by atoms with Crippen molar-refractivity contribution in [3.63, 3.8) is 0 Å². The maximum atomic E-state index is 14.2. The number of aromatic nitrogens is 1. The Kier molecular flexibility index (Phi) is 6.56. The van der Waals surface area contributed by atoms with E-state index in [0.717, 1.165) is 5.01 Å². The Hall–Kier alpha value is -2.73. The van der Waals surface area contributed by atoms with Crippen LogP contribution >= 0.6 is 0 Å². The van der Waals surface area contributed by atoms with Gasteiger partial charge in [-0.15, -0.1) is 0 Å². The van der Waals surface area contributed by atoms with Gasteiger partial charge in [-0.25, -0.2) is 19.2 Å². The molecule has 1 aromatic heterocycles. The molecule has 1 amide bonds. The van der Waals surface area contributed by atoms with Crippen LogP contribution in [-0.2, 0) is 9.53 Å². The number of ether oxygens (including phenoxy) is 1. The predicted molar refractivity (Wildman–Crippen MR) is 101 cm³/mol. The lowest BCUT2D eigenvalue weighted by atomic mass is 9.94. The van der Waals surface area contributed by atoms with Crippen molar-refractivity contribution in [2.45, 2.75) is 51.4 Å². The summed E-state index contributed by atoms with van der Waals surface area (Å²) in [4.78, 5) is 29.2. The van der Waals surface area contributed by atoms with E-state index in [1.54, 1.807) is 39.1 Å². The molecule has 1 fully saturated rings. The first kappa shape index (κ1) is 21.6. The van der Waals surface area contributed by atoms with E-state index in [4.69, 9.17) is 4.74 Å². The van der Waals surface area contributed by atoms with Gasteiger partial charge in [-0.3, -0.25) is 4.79 Å². The van der Waals surface area contributed by atoms with Gasteiger partial charge in [-0.1, -0.05) is 6.07 Å². The van der Waals surface area contributed by atoms with Crippen LogP contribution in [0.5, 0.6) is 0 Å². The molecule has 1 aliphatic rings. The van der Waals surface area contributed by atoms with Gasteiger partial charge in [-0.05, 0) is 39.8 Å². The molecule has 8 nitrogen and oxygen atoms in total. The van der Waals surface area contributed by atoms with E-state index in [1.165, 1.54) is 11.9 Å². The van der Waals surface area contributed by atoms with Crippen LogP contribution in [0.15, 0.2) is 24.4 Å². The SMILES string of the molecule is CC(=O)C1(C#N)CC(F)CN1N(CCNc1ccccn1)C(=O)OC(C)(C)C. The summed E-state index contributed by atoms with van der Waals surface area (Å²) in [6, 6.07) is 7.27. The number of anilines is 1. The molecular formula is C19H26FN5O3. The summed E-state index contributed by atoms with van der Waals surface area (Å²) >= 11 is 0. The van der Waals surface area contributed by atoms with Crippen LogP contribution in [0.1, 0.15) is 34.1 Å². The molecule has 2 atom stereocenters. The summed E-state index contributed by atoms with van der Waals surface area (Å²) in [5.41, 5.74) is -2.52. The fourth-order valence-corrected chi connectivity index (χ4v) is 3.03. The number of nitrogens with one attached hydrogen (secondary N) is 1. The number of halogens is 1. The number of hydrogen-bond donors (Lipinski definition) is 1. The lowest BCUT2D eigenvalue weighted by molar-refractivity contribution is -0.134. The minimum Gasteiger partial charge on any atom is -0.443 e. The summed E-state index contributed by atoms with van der Waals surface area (Å²) in [5.74, 6) is 0.0935. The Morgan fingerprint density at radius 1 is 1.50 bits per heavy atom. The van der Waals surface area contributed by atoms with E-state index in [1.807, 2.05) is 12.1 Å². The number of pyridine rings is 1. The Labute approximate surface area is 164 Å². The third kappa shape index (κ3) is 4.95. The number of Topliss-reactive ketones (excluding diaryl/α,β-unsaturated/α-hetero) is 1. The Balaban J connectivity index is 2.25. The minimum absolute atomic E-state index is 0.0644. The number of hydrazine groups is 1. The van der Waals surface area contributed by atoms with Crippen molar-refractivity contribution < 1.29 is 18.7 Å². The predicted octanol–water partition coefficient (Wildman–Crippen LogP) is 2.54. The highest BCUT2D eigenvalue weighted by atomic mass is 19.1. The maximum absolute atomic E-state index is 14.2. The lowest BCUT2D eigenvalue weighted by Crippen LogP contribution is -2.60. The first-order chi connectivity index (χ1) is 13.1. The zero-order chi connectivity index (χ0) is 20.9. The fraction of sp³-hybridized carbons (Fsp3) is 0.579. The van der Waals surface area contributed by atoms with E-state index in [0.29, 0.717) is 5.82 Å². The molecule has 0 aliphatic carbocycles. The third-order valence-electron chi connectivity index (χ3n) is 4.29. The second-order valence-corrected chi connectivity index (χ2v) is 7.66. The second kappa shape index (κ2) is 8.52. The summed E-state index contributed by atoms with van der Waals surface area (Å²) in [5, 5.41) is 15.1. The first-order valence-corrected chi connectivity index (χ1v) is 9.08. The molecule has 0 spiro atoms. The highest BCUT2D eigenvalue weighted by Gasteiger charge is 2.54. The topological polar surface area (TPSA) is 98.6 Å². The summed E-state index contributed by atoms with van der Waals surface area (Å²) < 4.78 is 19.6. The normalized spacial score (nSPS) is 22.4. The highest BCUT2D eigenvalue weighted by molar-refractivity contribution is 5.90. The fourth-order valence-electron chi connectivity index (χ4n) is 3.03. The van der Waals surface area contributed by atoms with E-state index in [2.05, 4.69) is 10.3 Å². The Bertz CT molecular complexity index is 746. The molecule has 9 heteroatoms. The number of ketones is 1. The van der Waals surface area contributed by atoms with Gasteiger partial charge < -0.3 is 10.1 Å². The van der Waals surface area contributed by atoms with Gasteiger partial charge in [0.25, 0.3) is 0 Å². The number of alkyl halides is 1. The molecule has 0 saturated carbocycles. The van der Waals surface area contributed by atoms with Gasteiger partial charge in [0.15, 0.2) is 11.3 Å². The van der Waals surface area contributed by atoms with Crippen LogP contribution in [0, 0.1) is 11.3 Å². The van der Waals surface area contributed by atoms with Crippen molar-refractivity contribution >= 4 is 17.7 Å². The van der Waals surface area contributed by atoms with E-state index >= 15 is 0 Å². The van der Waals surface area contributed by atoms with Gasteiger partial charge in [0.1, 0.15) is 17.6 Å². The average Bonchev–Trinajstić information content (AvgIpc) is 2.95. The largest absolute Gasteiger partial charge is 0.443 e. The molecule has 28 heavy (non-hydrogen) atoms. The molecule has 152 valence electrons. The Morgan fingerprint density at radius 3 is 2.75 bits per heavy atom. The van der Waals surface area contributed by atoms with Crippen LogP contribution in [-0.4, -0.2) is 63.8 Å². The van der Waals surface area contributed by atoms with Gasteiger partial charge in [0, 0.05) is 19.2 Å². The highest BCUT2D eigenvalue weighted by Crippen LogP contribution is 2.34. The quantitative estimate of drug-likeness (QED) is 0.795. The average molecular weight is 391 g/mol. The molecule has 2 heterocycles. The number of carbonyl (C=O) groups excluding carboxylic acids is 2. The zero-order valence-corrected chi connectivity index (χ0v) is 16.6. The molecule has 2 rings (SSSR count). The molecule has 1 N–H and O–H groups in total. The summed E-state index contributed by atoms with van der Waals surface area (Å²) in [6.07, 6.45) is -0.813. The standard InChI is InChI=1S/C19H26FN5O3/c1-14(26)19(13-21)11-15(20)12-25(19)24(17(27)28-18(2,3)4)10-9-23-16-7-5-6-8-22-16/h5-8,15H,9-12H2,1-4H3,(H,22,23). The van der Waals surface area contributed by atoms with E-state index in [-0.39, 0.29) is 26.1 Å². The van der Waals surface area contributed by atoms with Crippen LogP contribution < -0.4 is 5.32 Å². The smallest absolute Gasteiger partial charge is 0.425 e. The molecule has 1 aliphatic heterocycles. The van der Waals surface area contributed by atoms with Crippen molar-refractivity contribution in [1.29, 1.82) is 5.26 Å². The monoisotopic (exact) mass is 391 g/mol. The summed E-state index contributed by atoms with van der Waals surface area (Å²) in [6.45, 7) is 6.45. The minimum atomic E-state index is -1.73. The number of carbonyl (C=O) groups is 2. The molecule has 2 unspecified atom stereocenters. The van der Waals surface area contributed by atoms with Gasteiger partial charge >= 0.3 is 6.09 Å². The van der Waals surface area contributed by atoms with Crippen molar-refractivity contribution in [3.8, 4) is 6.07 Å². The lowest BCUT2D eigenvalue weighted by Gasteiger charge is -2.39. The van der Waals surface area contributed by atoms with E-state index in [9.17, 15) is 19.2 Å². The molecule has 0 bridgehead atoms. The van der Waals surface area contributed by atoms with Gasteiger partial charge in [-0.2, -0.15) is 10.3 Å². The number of amides is 1. The molecule has 1 saturated heterocycles. The van der Waals surface area contributed by atoms with Crippen LogP contribution in [0.25, 0.3) is 0 Å². The van der Waals surface area contributed by atoms with Crippen molar-refractivity contribution in [2.24, 2.45) is 0 Å². The third-order valence-corrected chi connectivity index (χ3v) is 4.29. The van der Waals surface area contributed by atoms with Crippen LogP contribution in [0.4, 0.5) is 15.0 Å². The number of hydrogen-bond acceptors (Lipinski definition) is 7. The van der Waals surface area contributed by atoms with Gasteiger partial charge in [0.05, 0.1) is 19.2 Å². The number of rotatable bonds is 6. The zero-order valence-electron chi connectivity index (χ0n) is 16.6. The molecule has 1 aromatic rings. The van der Waals surface area contributed by atoms with Crippen LogP contribution in [0.2, 0.25) is 0 Å².